The van der Waals surface area contributed by atoms with Gasteiger partial charge in [0.25, 0.3) is 0 Å². The molecule has 6 nitrogen and oxygen atoms in total. The van der Waals surface area contributed by atoms with Gasteiger partial charge in [0.15, 0.2) is 5.82 Å². The van der Waals surface area contributed by atoms with Crippen LogP contribution in [0.25, 0.3) is 0 Å². The van der Waals surface area contributed by atoms with E-state index in [4.69, 9.17) is 9.26 Å². The molecule has 2 aromatic rings. The van der Waals surface area contributed by atoms with Crippen molar-refractivity contribution in [2.24, 2.45) is 5.92 Å². The fourth-order valence-electron chi connectivity index (χ4n) is 4.29. The normalized spacial score (nSPS) is 21.0. The van der Waals surface area contributed by atoms with Crippen LogP contribution in [0.5, 0.6) is 0 Å². The number of likely N-dealkylation sites (tertiary alicyclic amines) is 1. The second-order valence-corrected chi connectivity index (χ2v) is 8.15. The van der Waals surface area contributed by atoms with E-state index in [1.807, 2.05) is 17.0 Å². The number of rotatable bonds is 5. The van der Waals surface area contributed by atoms with Gasteiger partial charge in [-0.25, -0.2) is 0 Å². The third kappa shape index (κ3) is 4.79. The van der Waals surface area contributed by atoms with Gasteiger partial charge in [-0.2, -0.15) is 4.98 Å². The minimum atomic E-state index is 0.212. The minimum Gasteiger partial charge on any atom is -0.381 e. The van der Waals surface area contributed by atoms with Crippen molar-refractivity contribution in [3.8, 4) is 0 Å². The highest BCUT2D eigenvalue weighted by atomic mass is 16.5. The summed E-state index contributed by atoms with van der Waals surface area (Å²) in [5.41, 5.74) is 2.28. The molecule has 2 aliphatic rings. The number of aromatic nitrogens is 2. The van der Waals surface area contributed by atoms with Gasteiger partial charge in [-0.1, -0.05) is 35.0 Å². The Morgan fingerprint density at radius 2 is 2.11 bits per heavy atom. The van der Waals surface area contributed by atoms with Crippen molar-refractivity contribution in [3.05, 3.63) is 47.1 Å². The van der Waals surface area contributed by atoms with E-state index in [1.165, 1.54) is 5.56 Å². The summed E-state index contributed by atoms with van der Waals surface area (Å²) >= 11 is 0. The van der Waals surface area contributed by atoms with Gasteiger partial charge in [0.2, 0.25) is 11.8 Å². The number of carbonyl (C=O) groups is 1. The van der Waals surface area contributed by atoms with Crippen LogP contribution in [0.1, 0.15) is 54.4 Å². The second-order valence-electron chi connectivity index (χ2n) is 8.15. The molecule has 150 valence electrons. The molecule has 0 spiro atoms. The predicted molar refractivity (Wildman–Crippen MR) is 105 cm³/mol. The zero-order valence-corrected chi connectivity index (χ0v) is 16.6. The molecular formula is C22H29N3O3. The van der Waals surface area contributed by atoms with E-state index in [1.54, 1.807) is 0 Å². The summed E-state index contributed by atoms with van der Waals surface area (Å²) in [5, 5.41) is 4.20. The molecule has 0 radical (unpaired) electrons. The summed E-state index contributed by atoms with van der Waals surface area (Å²) in [5.74, 6) is 2.48. The van der Waals surface area contributed by atoms with Crippen LogP contribution in [0.2, 0.25) is 0 Å². The van der Waals surface area contributed by atoms with Crippen LogP contribution in [-0.4, -0.2) is 47.3 Å². The van der Waals surface area contributed by atoms with Gasteiger partial charge in [0.05, 0.1) is 6.42 Å². The minimum absolute atomic E-state index is 0.212. The lowest BCUT2D eigenvalue weighted by molar-refractivity contribution is -0.132. The molecule has 0 bridgehead atoms. The van der Waals surface area contributed by atoms with E-state index in [0.29, 0.717) is 24.1 Å². The topological polar surface area (TPSA) is 68.5 Å². The monoisotopic (exact) mass is 383 g/mol. The summed E-state index contributed by atoms with van der Waals surface area (Å²) in [6, 6.07) is 8.20. The Kier molecular flexibility index (Phi) is 6.05. The van der Waals surface area contributed by atoms with E-state index in [2.05, 4.69) is 29.2 Å². The van der Waals surface area contributed by atoms with Gasteiger partial charge in [-0.05, 0) is 44.1 Å². The lowest BCUT2D eigenvalue weighted by Gasteiger charge is -2.32. The van der Waals surface area contributed by atoms with Crippen LogP contribution in [0.15, 0.2) is 28.8 Å². The standard InChI is InChI=1S/C22H29N3O3/c1-16-4-2-5-17(12-16)14-21(26)25-9-3-6-18(15-25)13-20-23-22(24-28-20)19-7-10-27-11-8-19/h2,4-5,12,18-19H,3,6-11,13-15H2,1H3. The molecule has 1 aromatic heterocycles. The van der Waals surface area contributed by atoms with Crippen molar-refractivity contribution >= 4 is 5.91 Å². The quantitative estimate of drug-likeness (QED) is 0.792. The van der Waals surface area contributed by atoms with E-state index < -0.39 is 0 Å². The number of nitrogens with zero attached hydrogens (tertiary/aromatic N) is 3. The molecule has 0 aliphatic carbocycles. The van der Waals surface area contributed by atoms with E-state index >= 15 is 0 Å². The number of piperidine rings is 1. The number of aryl methyl sites for hydroxylation is 1. The maximum Gasteiger partial charge on any atom is 0.226 e. The summed E-state index contributed by atoms with van der Waals surface area (Å²) in [4.78, 5) is 19.4. The van der Waals surface area contributed by atoms with Crippen LogP contribution in [0, 0.1) is 12.8 Å². The Morgan fingerprint density at radius 3 is 2.93 bits per heavy atom. The molecule has 2 aliphatic heterocycles. The van der Waals surface area contributed by atoms with Gasteiger partial charge in [-0.15, -0.1) is 0 Å². The Bertz CT molecular complexity index is 798. The summed E-state index contributed by atoms with van der Waals surface area (Å²) in [6.45, 7) is 5.23. The van der Waals surface area contributed by atoms with Gasteiger partial charge in [-0.3, -0.25) is 4.79 Å². The second kappa shape index (κ2) is 8.86. The van der Waals surface area contributed by atoms with Crippen LogP contribution < -0.4 is 0 Å². The van der Waals surface area contributed by atoms with Gasteiger partial charge < -0.3 is 14.2 Å². The number of ether oxygens (including phenoxy) is 1. The fourth-order valence-corrected chi connectivity index (χ4v) is 4.29. The molecule has 1 atom stereocenters. The van der Waals surface area contributed by atoms with E-state index in [9.17, 15) is 4.79 Å². The zero-order chi connectivity index (χ0) is 19.3. The molecule has 6 heteroatoms. The molecular weight excluding hydrogens is 354 g/mol. The Balaban J connectivity index is 1.32. The first-order valence-electron chi connectivity index (χ1n) is 10.4. The Labute approximate surface area is 166 Å². The fraction of sp³-hybridized carbons (Fsp3) is 0.591. The summed E-state index contributed by atoms with van der Waals surface area (Å²) in [7, 11) is 0. The first-order valence-corrected chi connectivity index (χ1v) is 10.4. The highest BCUT2D eigenvalue weighted by Crippen LogP contribution is 2.26. The number of carbonyl (C=O) groups excluding carboxylic acids is 1. The lowest BCUT2D eigenvalue weighted by atomic mass is 9.94. The number of benzene rings is 1. The Morgan fingerprint density at radius 1 is 1.25 bits per heavy atom. The van der Waals surface area contributed by atoms with Gasteiger partial charge in [0.1, 0.15) is 0 Å². The van der Waals surface area contributed by atoms with Crippen molar-refractivity contribution in [1.29, 1.82) is 0 Å². The molecule has 1 unspecified atom stereocenters. The summed E-state index contributed by atoms with van der Waals surface area (Å²) < 4.78 is 10.9. The van der Waals surface area contributed by atoms with Crippen LogP contribution in [-0.2, 0) is 22.4 Å². The van der Waals surface area contributed by atoms with Crippen LogP contribution in [0.4, 0.5) is 0 Å². The molecule has 4 rings (SSSR count). The largest absolute Gasteiger partial charge is 0.381 e. The van der Waals surface area contributed by atoms with Gasteiger partial charge in [0, 0.05) is 38.6 Å². The molecule has 28 heavy (non-hydrogen) atoms. The van der Waals surface area contributed by atoms with Crippen molar-refractivity contribution in [1.82, 2.24) is 15.0 Å². The molecule has 0 N–H and O–H groups in total. The molecule has 0 saturated carbocycles. The molecule has 1 amide bonds. The molecule has 3 heterocycles. The van der Waals surface area contributed by atoms with Crippen molar-refractivity contribution in [3.63, 3.8) is 0 Å². The SMILES string of the molecule is Cc1cccc(CC(=O)N2CCCC(Cc3nc(C4CCOCC4)no3)C2)c1. The smallest absolute Gasteiger partial charge is 0.226 e. The number of amides is 1. The Hall–Kier alpha value is -2.21. The highest BCUT2D eigenvalue weighted by Gasteiger charge is 2.27. The first kappa shape index (κ1) is 19.1. The number of hydrogen-bond acceptors (Lipinski definition) is 5. The van der Waals surface area contributed by atoms with Crippen molar-refractivity contribution in [2.45, 2.75) is 51.4 Å². The van der Waals surface area contributed by atoms with Gasteiger partial charge >= 0.3 is 0 Å². The van der Waals surface area contributed by atoms with Crippen molar-refractivity contribution in [2.75, 3.05) is 26.3 Å². The van der Waals surface area contributed by atoms with Crippen LogP contribution >= 0.6 is 0 Å². The first-order chi connectivity index (χ1) is 13.7. The average Bonchev–Trinajstić information content (AvgIpc) is 3.17. The van der Waals surface area contributed by atoms with E-state index in [-0.39, 0.29) is 5.91 Å². The average molecular weight is 383 g/mol. The molecule has 2 fully saturated rings. The maximum absolute atomic E-state index is 12.8. The predicted octanol–water partition coefficient (Wildman–Crippen LogP) is 3.30. The number of hydrogen-bond donors (Lipinski definition) is 0. The summed E-state index contributed by atoms with van der Waals surface area (Å²) in [6.07, 6.45) is 5.29. The third-order valence-electron chi connectivity index (χ3n) is 5.84. The zero-order valence-electron chi connectivity index (χ0n) is 16.6. The highest BCUT2D eigenvalue weighted by molar-refractivity contribution is 5.78. The maximum atomic E-state index is 12.8. The molecule has 2 saturated heterocycles. The van der Waals surface area contributed by atoms with E-state index in [0.717, 1.165) is 69.8 Å². The third-order valence-corrected chi connectivity index (χ3v) is 5.84. The van der Waals surface area contributed by atoms with Crippen molar-refractivity contribution < 1.29 is 14.1 Å². The lowest BCUT2D eigenvalue weighted by Crippen LogP contribution is -2.41. The van der Waals surface area contributed by atoms with Crippen LogP contribution in [0.3, 0.4) is 0 Å². The molecule has 1 aromatic carbocycles.